The highest BCUT2D eigenvalue weighted by atomic mass is 16.2. The Kier molecular flexibility index (Phi) is 5.65. The van der Waals surface area contributed by atoms with Crippen LogP contribution in [-0.2, 0) is 4.79 Å². The van der Waals surface area contributed by atoms with Crippen molar-refractivity contribution < 1.29 is 4.79 Å². The maximum absolute atomic E-state index is 12.3. The summed E-state index contributed by atoms with van der Waals surface area (Å²) in [4.78, 5) is 16.4. The van der Waals surface area contributed by atoms with Crippen molar-refractivity contribution in [3.63, 3.8) is 0 Å². The van der Waals surface area contributed by atoms with E-state index < -0.39 is 0 Å². The summed E-state index contributed by atoms with van der Waals surface area (Å²) >= 11 is 0. The Hall–Kier alpha value is -1.08. The predicted octanol–water partition coefficient (Wildman–Crippen LogP) is 2.01. The van der Waals surface area contributed by atoms with Crippen molar-refractivity contribution in [1.29, 1.82) is 5.26 Å². The summed E-state index contributed by atoms with van der Waals surface area (Å²) in [6.45, 7) is 3.79. The zero-order valence-corrected chi connectivity index (χ0v) is 11.8. The average molecular weight is 263 g/mol. The first kappa shape index (κ1) is 14.3. The molecule has 0 spiro atoms. The van der Waals surface area contributed by atoms with Crippen LogP contribution in [0.25, 0.3) is 0 Å². The normalized spacial score (nSPS) is 22.8. The molecule has 2 aliphatic rings. The first-order chi connectivity index (χ1) is 9.29. The van der Waals surface area contributed by atoms with Gasteiger partial charge < -0.3 is 4.90 Å². The molecule has 0 radical (unpaired) electrons. The number of carbonyl (C=O) groups is 1. The molecule has 1 aliphatic carbocycles. The summed E-state index contributed by atoms with van der Waals surface area (Å²) in [6.07, 6.45) is 8.51. The minimum Gasteiger partial charge on any atom is -0.340 e. The van der Waals surface area contributed by atoms with Crippen LogP contribution in [0.5, 0.6) is 0 Å². The zero-order valence-electron chi connectivity index (χ0n) is 11.8. The molecule has 2 fully saturated rings. The fourth-order valence-electron chi connectivity index (χ4n) is 3.20. The van der Waals surface area contributed by atoms with Gasteiger partial charge in [0.25, 0.3) is 0 Å². The van der Waals surface area contributed by atoms with Gasteiger partial charge in [-0.15, -0.1) is 0 Å². The highest BCUT2D eigenvalue weighted by Gasteiger charge is 2.23. The maximum Gasteiger partial charge on any atom is 0.222 e. The van der Waals surface area contributed by atoms with Gasteiger partial charge in [-0.05, 0) is 18.8 Å². The molecule has 4 nitrogen and oxygen atoms in total. The standard InChI is InChI=1S/C15H25N3O/c16-7-8-17-9-11-18(12-10-17)15(19)13-14-5-3-1-2-4-6-14/h14H,1-6,8-13H2. The number of rotatable bonds is 3. The monoisotopic (exact) mass is 263 g/mol. The minimum absolute atomic E-state index is 0.337. The van der Waals surface area contributed by atoms with Crippen LogP contribution in [0.2, 0.25) is 0 Å². The van der Waals surface area contributed by atoms with E-state index in [1.54, 1.807) is 0 Å². The first-order valence-electron chi connectivity index (χ1n) is 7.66. The summed E-state index contributed by atoms with van der Waals surface area (Å²) in [7, 11) is 0. The Morgan fingerprint density at radius 3 is 2.26 bits per heavy atom. The molecule has 106 valence electrons. The van der Waals surface area contributed by atoms with Gasteiger partial charge in [0.15, 0.2) is 0 Å². The molecule has 0 aromatic heterocycles. The van der Waals surface area contributed by atoms with Gasteiger partial charge in [0.2, 0.25) is 5.91 Å². The summed E-state index contributed by atoms with van der Waals surface area (Å²) < 4.78 is 0. The molecule has 2 rings (SSSR count). The second-order valence-corrected chi connectivity index (χ2v) is 5.88. The zero-order chi connectivity index (χ0) is 13.5. The van der Waals surface area contributed by atoms with Crippen molar-refractivity contribution in [3.8, 4) is 6.07 Å². The first-order valence-corrected chi connectivity index (χ1v) is 7.66. The fourth-order valence-corrected chi connectivity index (χ4v) is 3.20. The van der Waals surface area contributed by atoms with E-state index >= 15 is 0 Å². The van der Waals surface area contributed by atoms with Gasteiger partial charge in [-0.25, -0.2) is 0 Å². The Labute approximate surface area is 116 Å². The van der Waals surface area contributed by atoms with Gasteiger partial charge in [0.05, 0.1) is 12.6 Å². The number of piperazine rings is 1. The second kappa shape index (κ2) is 7.49. The number of nitriles is 1. The van der Waals surface area contributed by atoms with Crippen LogP contribution in [0.1, 0.15) is 44.9 Å². The van der Waals surface area contributed by atoms with E-state index in [0.717, 1.165) is 32.6 Å². The van der Waals surface area contributed by atoms with Crippen LogP contribution in [0.4, 0.5) is 0 Å². The molecule has 0 bridgehead atoms. The molecule has 19 heavy (non-hydrogen) atoms. The highest BCUT2D eigenvalue weighted by molar-refractivity contribution is 5.76. The lowest BCUT2D eigenvalue weighted by molar-refractivity contribution is -0.134. The third-order valence-electron chi connectivity index (χ3n) is 4.46. The molecule has 0 aromatic rings. The Bertz CT molecular complexity index is 321. The third kappa shape index (κ3) is 4.50. The molecule has 0 atom stereocenters. The summed E-state index contributed by atoms with van der Waals surface area (Å²) in [5.74, 6) is 0.954. The van der Waals surface area contributed by atoms with E-state index in [-0.39, 0.29) is 0 Å². The Morgan fingerprint density at radius 1 is 1.05 bits per heavy atom. The molecule has 4 heteroatoms. The SMILES string of the molecule is N#CCN1CCN(C(=O)CC2CCCCCC2)CC1. The highest BCUT2D eigenvalue weighted by Crippen LogP contribution is 2.26. The average Bonchev–Trinajstić information content (AvgIpc) is 2.68. The number of nitrogens with zero attached hydrogens (tertiary/aromatic N) is 3. The van der Waals surface area contributed by atoms with E-state index in [9.17, 15) is 4.79 Å². The van der Waals surface area contributed by atoms with E-state index in [0.29, 0.717) is 18.4 Å². The molecule has 1 saturated heterocycles. The van der Waals surface area contributed by atoms with Crippen molar-refractivity contribution >= 4 is 5.91 Å². The van der Waals surface area contributed by atoms with Crippen molar-refractivity contribution in [2.24, 2.45) is 5.92 Å². The minimum atomic E-state index is 0.337. The van der Waals surface area contributed by atoms with Crippen LogP contribution in [0.3, 0.4) is 0 Å². The number of carbonyl (C=O) groups excluding carboxylic acids is 1. The van der Waals surface area contributed by atoms with E-state index in [1.165, 1.54) is 38.5 Å². The number of hydrogen-bond donors (Lipinski definition) is 0. The van der Waals surface area contributed by atoms with Gasteiger partial charge >= 0.3 is 0 Å². The smallest absolute Gasteiger partial charge is 0.222 e. The van der Waals surface area contributed by atoms with Gasteiger partial charge in [0, 0.05) is 32.6 Å². The third-order valence-corrected chi connectivity index (χ3v) is 4.46. The Balaban J connectivity index is 1.73. The van der Waals surface area contributed by atoms with Gasteiger partial charge in [-0.2, -0.15) is 5.26 Å². The lowest BCUT2D eigenvalue weighted by Gasteiger charge is -2.34. The molecule has 1 aliphatic heterocycles. The van der Waals surface area contributed by atoms with Gasteiger partial charge in [0.1, 0.15) is 0 Å². The molecule has 0 N–H and O–H groups in total. The van der Waals surface area contributed by atoms with Crippen molar-refractivity contribution in [2.75, 3.05) is 32.7 Å². The molecular formula is C15H25N3O. The molecule has 1 heterocycles. The predicted molar refractivity (Wildman–Crippen MR) is 74.4 cm³/mol. The maximum atomic E-state index is 12.3. The van der Waals surface area contributed by atoms with Crippen molar-refractivity contribution in [3.05, 3.63) is 0 Å². The lowest BCUT2D eigenvalue weighted by Crippen LogP contribution is -2.49. The molecule has 0 aromatic carbocycles. The topological polar surface area (TPSA) is 47.3 Å². The molecule has 1 saturated carbocycles. The van der Waals surface area contributed by atoms with Gasteiger partial charge in [-0.1, -0.05) is 25.7 Å². The summed E-state index contributed by atoms with van der Waals surface area (Å²) in [5.41, 5.74) is 0. The Morgan fingerprint density at radius 2 is 1.68 bits per heavy atom. The lowest BCUT2D eigenvalue weighted by atomic mass is 9.96. The van der Waals surface area contributed by atoms with Crippen LogP contribution in [-0.4, -0.2) is 48.4 Å². The number of amides is 1. The van der Waals surface area contributed by atoms with Crippen LogP contribution in [0, 0.1) is 17.2 Å². The summed E-state index contributed by atoms with van der Waals surface area (Å²) in [5, 5.41) is 8.66. The van der Waals surface area contributed by atoms with Crippen LogP contribution < -0.4 is 0 Å². The summed E-state index contributed by atoms with van der Waals surface area (Å²) in [6, 6.07) is 2.18. The fraction of sp³-hybridized carbons (Fsp3) is 0.867. The van der Waals surface area contributed by atoms with E-state index in [1.807, 2.05) is 4.90 Å². The van der Waals surface area contributed by atoms with Gasteiger partial charge in [-0.3, -0.25) is 9.69 Å². The van der Waals surface area contributed by atoms with Crippen LogP contribution in [0.15, 0.2) is 0 Å². The molecular weight excluding hydrogens is 238 g/mol. The van der Waals surface area contributed by atoms with E-state index in [2.05, 4.69) is 11.0 Å². The van der Waals surface area contributed by atoms with E-state index in [4.69, 9.17) is 5.26 Å². The molecule has 1 amide bonds. The van der Waals surface area contributed by atoms with Crippen LogP contribution >= 0.6 is 0 Å². The quantitative estimate of drug-likeness (QED) is 0.578. The second-order valence-electron chi connectivity index (χ2n) is 5.88. The van der Waals surface area contributed by atoms with Crippen molar-refractivity contribution in [1.82, 2.24) is 9.80 Å². The van der Waals surface area contributed by atoms with Crippen molar-refractivity contribution in [2.45, 2.75) is 44.9 Å². The largest absolute Gasteiger partial charge is 0.340 e. The number of hydrogen-bond acceptors (Lipinski definition) is 3. The molecule has 0 unspecified atom stereocenters.